The molecular weight excluding hydrogens is 260 g/mol. The molecule has 0 aliphatic carbocycles. The average molecular weight is 272 g/mol. The lowest BCUT2D eigenvalue weighted by atomic mass is 10.2. The summed E-state index contributed by atoms with van der Waals surface area (Å²) in [7, 11) is 0. The van der Waals surface area contributed by atoms with E-state index in [0.29, 0.717) is 16.1 Å². The zero-order valence-electron chi connectivity index (χ0n) is 10.3. The molecule has 96 valence electrons. The minimum atomic E-state index is -0.224. The number of rotatable bonds is 2. The van der Waals surface area contributed by atoms with Crippen molar-refractivity contribution in [2.75, 3.05) is 11.9 Å². The molecule has 2 N–H and O–H groups in total. The molecule has 2 aromatic rings. The van der Waals surface area contributed by atoms with Gasteiger partial charge in [-0.05, 0) is 30.0 Å². The highest BCUT2D eigenvalue weighted by Crippen LogP contribution is 2.19. The van der Waals surface area contributed by atoms with Crippen LogP contribution in [0.15, 0.2) is 29.9 Å². The maximum absolute atomic E-state index is 12.2. The third-order valence-electron chi connectivity index (χ3n) is 2.46. The van der Waals surface area contributed by atoms with Crippen LogP contribution in [-0.4, -0.2) is 22.6 Å². The molecule has 19 heavy (non-hydrogen) atoms. The fraction of sp³-hybridized carbons (Fsp3) is 0.143. The van der Waals surface area contributed by atoms with E-state index in [2.05, 4.69) is 22.1 Å². The summed E-state index contributed by atoms with van der Waals surface area (Å²) in [6, 6.07) is 3.59. The molecule has 0 bridgehead atoms. The van der Waals surface area contributed by atoms with E-state index >= 15 is 0 Å². The molecule has 0 aliphatic rings. The van der Waals surface area contributed by atoms with Gasteiger partial charge in [0.2, 0.25) is 0 Å². The summed E-state index contributed by atoms with van der Waals surface area (Å²) < 4.78 is 0. The molecule has 0 saturated heterocycles. The molecule has 2 aromatic heterocycles. The summed E-state index contributed by atoms with van der Waals surface area (Å²) in [6.45, 7) is 1.68. The van der Waals surface area contributed by atoms with E-state index in [1.165, 1.54) is 11.3 Å². The zero-order valence-corrected chi connectivity index (χ0v) is 11.1. The van der Waals surface area contributed by atoms with E-state index < -0.39 is 0 Å². The monoisotopic (exact) mass is 272 g/mol. The highest BCUT2D eigenvalue weighted by molar-refractivity contribution is 7.12. The number of amides is 1. The first-order valence-electron chi connectivity index (χ1n) is 5.61. The normalized spacial score (nSPS) is 9.58. The Morgan fingerprint density at radius 1 is 1.53 bits per heavy atom. The van der Waals surface area contributed by atoms with Gasteiger partial charge in [-0.1, -0.05) is 11.8 Å². The second-order valence-electron chi connectivity index (χ2n) is 3.77. The molecular formula is C14H12N2O2S. The Morgan fingerprint density at radius 2 is 2.37 bits per heavy atom. The van der Waals surface area contributed by atoms with E-state index in [4.69, 9.17) is 5.11 Å². The second-order valence-corrected chi connectivity index (χ2v) is 4.68. The van der Waals surface area contributed by atoms with Crippen LogP contribution in [-0.2, 0) is 0 Å². The Balaban J connectivity index is 2.22. The summed E-state index contributed by atoms with van der Waals surface area (Å²) in [4.78, 5) is 16.7. The maximum atomic E-state index is 12.2. The molecule has 5 heteroatoms. The summed E-state index contributed by atoms with van der Waals surface area (Å²) in [5, 5.41) is 13.3. The van der Waals surface area contributed by atoms with Gasteiger partial charge < -0.3 is 10.4 Å². The number of carbonyl (C=O) groups excluding carboxylic acids is 1. The molecule has 0 spiro atoms. The zero-order chi connectivity index (χ0) is 13.7. The lowest BCUT2D eigenvalue weighted by molar-refractivity contribution is 0.103. The van der Waals surface area contributed by atoms with Gasteiger partial charge in [0, 0.05) is 11.8 Å². The third kappa shape index (κ3) is 3.19. The van der Waals surface area contributed by atoms with Gasteiger partial charge in [0.1, 0.15) is 11.5 Å². The Bertz CT molecular complexity index is 653. The standard InChI is InChI=1S/C14H12N2O2S/c1-10-4-6-15-9-12(10)16-14(18)13-11(3-2-7-17)5-8-19-13/h4-6,8-9,17H,7H2,1H3,(H,16,18). The quantitative estimate of drug-likeness (QED) is 0.822. The van der Waals surface area contributed by atoms with Crippen molar-refractivity contribution in [1.82, 2.24) is 4.98 Å². The Labute approximate surface area is 115 Å². The number of thiophene rings is 1. The number of carbonyl (C=O) groups is 1. The summed E-state index contributed by atoms with van der Waals surface area (Å²) in [5.41, 5.74) is 2.25. The van der Waals surface area contributed by atoms with E-state index in [-0.39, 0.29) is 12.5 Å². The topological polar surface area (TPSA) is 62.2 Å². The average Bonchev–Trinajstić information content (AvgIpc) is 2.87. The highest BCUT2D eigenvalue weighted by Gasteiger charge is 2.13. The fourth-order valence-corrected chi connectivity index (χ4v) is 2.24. The minimum absolute atomic E-state index is 0.215. The SMILES string of the molecule is Cc1ccncc1NC(=O)c1sccc1C#CCO. The van der Waals surface area contributed by atoms with Gasteiger partial charge >= 0.3 is 0 Å². The molecule has 0 aliphatic heterocycles. The molecule has 0 atom stereocenters. The number of hydrogen-bond donors (Lipinski definition) is 2. The van der Waals surface area contributed by atoms with Crippen molar-refractivity contribution in [1.29, 1.82) is 0 Å². The van der Waals surface area contributed by atoms with Gasteiger partial charge in [0.25, 0.3) is 5.91 Å². The molecule has 0 fully saturated rings. The molecule has 0 aromatic carbocycles. The number of nitrogens with zero attached hydrogens (tertiary/aromatic N) is 1. The summed E-state index contributed by atoms with van der Waals surface area (Å²) in [6.07, 6.45) is 3.29. The lowest BCUT2D eigenvalue weighted by Gasteiger charge is -2.06. The van der Waals surface area contributed by atoms with E-state index in [1.54, 1.807) is 23.8 Å². The molecule has 0 radical (unpaired) electrons. The first-order valence-corrected chi connectivity index (χ1v) is 6.49. The van der Waals surface area contributed by atoms with Crippen LogP contribution in [0, 0.1) is 18.8 Å². The Hall–Kier alpha value is -2.16. The number of aliphatic hydroxyl groups excluding tert-OH is 1. The number of anilines is 1. The molecule has 0 saturated carbocycles. The maximum Gasteiger partial charge on any atom is 0.267 e. The van der Waals surface area contributed by atoms with Crippen molar-refractivity contribution in [2.45, 2.75) is 6.92 Å². The molecule has 2 heterocycles. The number of aryl methyl sites for hydroxylation is 1. The Morgan fingerprint density at radius 3 is 3.11 bits per heavy atom. The third-order valence-corrected chi connectivity index (χ3v) is 3.37. The van der Waals surface area contributed by atoms with Gasteiger partial charge in [-0.3, -0.25) is 9.78 Å². The molecule has 0 unspecified atom stereocenters. The van der Waals surface area contributed by atoms with Gasteiger partial charge in [-0.25, -0.2) is 0 Å². The van der Waals surface area contributed by atoms with Crippen molar-refractivity contribution < 1.29 is 9.90 Å². The van der Waals surface area contributed by atoms with Gasteiger partial charge in [0.05, 0.1) is 11.9 Å². The predicted octanol–water partition coefficient (Wildman–Crippen LogP) is 2.05. The molecule has 2 rings (SSSR count). The van der Waals surface area contributed by atoms with Crippen LogP contribution in [0.2, 0.25) is 0 Å². The number of pyridine rings is 1. The minimum Gasteiger partial charge on any atom is -0.384 e. The molecule has 4 nitrogen and oxygen atoms in total. The second kappa shape index (κ2) is 6.14. The predicted molar refractivity (Wildman–Crippen MR) is 75.2 cm³/mol. The van der Waals surface area contributed by atoms with Crippen molar-refractivity contribution in [3.05, 3.63) is 45.9 Å². The number of aliphatic hydroxyl groups is 1. The van der Waals surface area contributed by atoms with Gasteiger partial charge in [0.15, 0.2) is 0 Å². The van der Waals surface area contributed by atoms with Crippen LogP contribution in [0.4, 0.5) is 5.69 Å². The van der Waals surface area contributed by atoms with Crippen LogP contribution >= 0.6 is 11.3 Å². The van der Waals surface area contributed by atoms with Crippen LogP contribution in [0.25, 0.3) is 0 Å². The lowest BCUT2D eigenvalue weighted by Crippen LogP contribution is -2.12. The van der Waals surface area contributed by atoms with E-state index in [9.17, 15) is 4.79 Å². The van der Waals surface area contributed by atoms with E-state index in [0.717, 1.165) is 5.56 Å². The summed E-state index contributed by atoms with van der Waals surface area (Å²) in [5.74, 6) is 5.08. The van der Waals surface area contributed by atoms with Crippen LogP contribution in [0.5, 0.6) is 0 Å². The Kier molecular flexibility index (Phi) is 4.29. The van der Waals surface area contributed by atoms with Gasteiger partial charge in [-0.15, -0.1) is 11.3 Å². The first-order chi connectivity index (χ1) is 9.22. The van der Waals surface area contributed by atoms with Crippen molar-refractivity contribution in [2.24, 2.45) is 0 Å². The number of hydrogen-bond acceptors (Lipinski definition) is 4. The smallest absolute Gasteiger partial charge is 0.267 e. The van der Waals surface area contributed by atoms with Gasteiger partial charge in [-0.2, -0.15) is 0 Å². The number of nitrogens with one attached hydrogen (secondary N) is 1. The van der Waals surface area contributed by atoms with Crippen LogP contribution in [0.3, 0.4) is 0 Å². The van der Waals surface area contributed by atoms with Crippen LogP contribution in [0.1, 0.15) is 20.8 Å². The molecule has 1 amide bonds. The van der Waals surface area contributed by atoms with Crippen LogP contribution < -0.4 is 5.32 Å². The first kappa shape index (κ1) is 13.3. The highest BCUT2D eigenvalue weighted by atomic mass is 32.1. The fourth-order valence-electron chi connectivity index (χ4n) is 1.49. The number of aromatic nitrogens is 1. The van der Waals surface area contributed by atoms with E-state index in [1.807, 2.05) is 13.0 Å². The van der Waals surface area contributed by atoms with Crippen molar-refractivity contribution in [3.63, 3.8) is 0 Å². The summed E-state index contributed by atoms with van der Waals surface area (Å²) >= 11 is 1.32. The van der Waals surface area contributed by atoms with Crippen molar-refractivity contribution >= 4 is 22.9 Å². The largest absolute Gasteiger partial charge is 0.384 e. The van der Waals surface area contributed by atoms with Crippen molar-refractivity contribution in [3.8, 4) is 11.8 Å².